The molecular weight excluding hydrogens is 410 g/mol. The lowest BCUT2D eigenvalue weighted by molar-refractivity contribution is -0.136. The number of nitrogens with zero attached hydrogens (tertiary/aromatic N) is 1. The number of ether oxygens (including phenoxy) is 1. The van der Waals surface area contributed by atoms with Gasteiger partial charge in [0.25, 0.3) is 0 Å². The SMILES string of the molecule is CCCCCCCN(CCc1ccc(CC(SCC)C(=O)O)cc1)C(=O)OC(C)(C)C. The topological polar surface area (TPSA) is 66.8 Å². The molecule has 0 aliphatic rings. The van der Waals surface area contributed by atoms with Crippen LogP contribution in [0.3, 0.4) is 0 Å². The van der Waals surface area contributed by atoms with Crippen LogP contribution in [0, 0.1) is 0 Å². The summed E-state index contributed by atoms with van der Waals surface area (Å²) in [7, 11) is 0. The van der Waals surface area contributed by atoms with Gasteiger partial charge in [0, 0.05) is 13.1 Å². The summed E-state index contributed by atoms with van der Waals surface area (Å²) in [4.78, 5) is 25.8. The summed E-state index contributed by atoms with van der Waals surface area (Å²) in [5.74, 6) is 0.0245. The Kier molecular flexibility index (Phi) is 12.7. The standard InChI is InChI=1S/C25H41NO4S/c1-6-8-9-10-11-17-26(24(29)30-25(3,4)5)18-16-20-12-14-21(15-13-20)19-22(23(27)28)31-7-2/h12-15,22H,6-11,16-19H2,1-5H3,(H,27,28). The number of aliphatic carboxylic acids is 1. The van der Waals surface area contributed by atoms with Crippen molar-refractivity contribution in [3.05, 3.63) is 35.4 Å². The van der Waals surface area contributed by atoms with Gasteiger partial charge in [-0.25, -0.2) is 4.79 Å². The van der Waals surface area contributed by atoms with Crippen LogP contribution in [0.5, 0.6) is 0 Å². The van der Waals surface area contributed by atoms with E-state index in [-0.39, 0.29) is 6.09 Å². The molecule has 176 valence electrons. The maximum absolute atomic E-state index is 12.6. The van der Waals surface area contributed by atoms with Gasteiger partial charge in [-0.2, -0.15) is 0 Å². The molecule has 1 amide bonds. The van der Waals surface area contributed by atoms with Crippen LogP contribution in [0.15, 0.2) is 24.3 Å². The van der Waals surface area contributed by atoms with Crippen molar-refractivity contribution in [2.75, 3.05) is 18.8 Å². The summed E-state index contributed by atoms with van der Waals surface area (Å²) in [5, 5.41) is 8.94. The van der Waals surface area contributed by atoms with E-state index in [1.165, 1.54) is 31.0 Å². The molecule has 0 spiro atoms. The molecule has 0 aromatic heterocycles. The third kappa shape index (κ3) is 12.1. The number of carbonyl (C=O) groups excluding carboxylic acids is 1. The van der Waals surface area contributed by atoms with E-state index in [1.807, 2.05) is 56.9 Å². The van der Waals surface area contributed by atoms with Gasteiger partial charge in [-0.3, -0.25) is 4.79 Å². The molecule has 6 heteroatoms. The van der Waals surface area contributed by atoms with E-state index in [0.29, 0.717) is 19.5 Å². The Morgan fingerprint density at radius 3 is 2.16 bits per heavy atom. The normalized spacial score (nSPS) is 12.4. The van der Waals surface area contributed by atoms with Crippen molar-refractivity contribution in [3.63, 3.8) is 0 Å². The third-order valence-corrected chi connectivity index (χ3v) is 6.05. The van der Waals surface area contributed by atoms with Crippen molar-refractivity contribution >= 4 is 23.8 Å². The molecular formula is C25H41NO4S. The van der Waals surface area contributed by atoms with Crippen molar-refractivity contribution in [3.8, 4) is 0 Å². The van der Waals surface area contributed by atoms with Gasteiger partial charge in [-0.05, 0) is 56.9 Å². The largest absolute Gasteiger partial charge is 0.480 e. The molecule has 0 bridgehead atoms. The summed E-state index contributed by atoms with van der Waals surface area (Å²) in [6.07, 6.45) is 6.78. The van der Waals surface area contributed by atoms with Gasteiger partial charge in [0.1, 0.15) is 10.9 Å². The lowest BCUT2D eigenvalue weighted by Crippen LogP contribution is -2.38. The third-order valence-electron chi connectivity index (χ3n) is 4.94. The molecule has 0 fully saturated rings. The summed E-state index contributed by atoms with van der Waals surface area (Å²) in [6, 6.07) is 8.09. The average molecular weight is 452 g/mol. The number of thioether (sulfide) groups is 1. The molecule has 0 heterocycles. The van der Waals surface area contributed by atoms with E-state index in [0.717, 1.165) is 36.1 Å². The van der Waals surface area contributed by atoms with Crippen LogP contribution in [-0.4, -0.2) is 51.8 Å². The molecule has 0 aliphatic carbocycles. The second-order valence-electron chi connectivity index (χ2n) is 8.93. The minimum absolute atomic E-state index is 0.250. The molecule has 0 saturated heterocycles. The quantitative estimate of drug-likeness (QED) is 0.342. The van der Waals surface area contributed by atoms with Gasteiger partial charge in [-0.15, -0.1) is 11.8 Å². The highest BCUT2D eigenvalue weighted by Gasteiger charge is 2.22. The summed E-state index contributed by atoms with van der Waals surface area (Å²) in [6.45, 7) is 11.2. The number of unbranched alkanes of at least 4 members (excludes halogenated alkanes) is 4. The fourth-order valence-corrected chi connectivity index (χ4v) is 4.12. The summed E-state index contributed by atoms with van der Waals surface area (Å²) >= 11 is 1.46. The number of rotatable bonds is 14. The van der Waals surface area contributed by atoms with E-state index < -0.39 is 16.8 Å². The monoisotopic (exact) mass is 451 g/mol. The zero-order valence-electron chi connectivity index (χ0n) is 20.0. The second-order valence-corrected chi connectivity index (χ2v) is 10.4. The fourth-order valence-electron chi connectivity index (χ4n) is 3.27. The first-order valence-electron chi connectivity index (χ1n) is 11.6. The van der Waals surface area contributed by atoms with Crippen LogP contribution in [0.1, 0.15) is 77.8 Å². The van der Waals surface area contributed by atoms with E-state index >= 15 is 0 Å². The number of amides is 1. The minimum Gasteiger partial charge on any atom is -0.480 e. The maximum Gasteiger partial charge on any atom is 0.410 e. The second kappa shape index (κ2) is 14.4. The van der Waals surface area contributed by atoms with Crippen molar-refractivity contribution in [2.24, 2.45) is 0 Å². The number of carbonyl (C=O) groups is 2. The Labute approximate surface area is 192 Å². The van der Waals surface area contributed by atoms with Gasteiger partial charge in [0.2, 0.25) is 0 Å². The summed E-state index contributed by atoms with van der Waals surface area (Å²) < 4.78 is 5.60. The Hall–Kier alpha value is -1.69. The predicted molar refractivity (Wildman–Crippen MR) is 130 cm³/mol. The van der Waals surface area contributed by atoms with Crippen LogP contribution >= 0.6 is 11.8 Å². The first kappa shape index (κ1) is 27.3. The van der Waals surface area contributed by atoms with Gasteiger partial charge < -0.3 is 14.7 Å². The van der Waals surface area contributed by atoms with Crippen molar-refractivity contribution in [2.45, 2.75) is 90.4 Å². The zero-order valence-corrected chi connectivity index (χ0v) is 20.8. The molecule has 1 aromatic carbocycles. The van der Waals surface area contributed by atoms with Crippen molar-refractivity contribution < 1.29 is 19.4 Å². The first-order chi connectivity index (χ1) is 14.7. The lowest BCUT2D eigenvalue weighted by Gasteiger charge is -2.27. The van der Waals surface area contributed by atoms with E-state index in [9.17, 15) is 14.7 Å². The average Bonchev–Trinajstić information content (AvgIpc) is 2.69. The molecule has 5 nitrogen and oxygen atoms in total. The number of carboxylic acid groups (broad SMARTS) is 1. The van der Waals surface area contributed by atoms with E-state index in [4.69, 9.17) is 4.74 Å². The number of hydrogen-bond donors (Lipinski definition) is 1. The van der Waals surface area contributed by atoms with Gasteiger partial charge >= 0.3 is 12.1 Å². The highest BCUT2D eigenvalue weighted by Crippen LogP contribution is 2.18. The molecule has 31 heavy (non-hydrogen) atoms. The zero-order chi connectivity index (χ0) is 23.3. The molecule has 0 radical (unpaired) electrons. The maximum atomic E-state index is 12.6. The number of carboxylic acids is 1. The van der Waals surface area contributed by atoms with Crippen LogP contribution < -0.4 is 0 Å². The number of hydrogen-bond acceptors (Lipinski definition) is 4. The minimum atomic E-state index is -0.761. The van der Waals surface area contributed by atoms with Crippen LogP contribution in [0.25, 0.3) is 0 Å². The highest BCUT2D eigenvalue weighted by atomic mass is 32.2. The Morgan fingerprint density at radius 1 is 1.00 bits per heavy atom. The lowest BCUT2D eigenvalue weighted by atomic mass is 10.1. The molecule has 1 aromatic rings. The smallest absolute Gasteiger partial charge is 0.410 e. The fraction of sp³-hybridized carbons (Fsp3) is 0.680. The van der Waals surface area contributed by atoms with Crippen molar-refractivity contribution in [1.82, 2.24) is 4.90 Å². The summed E-state index contributed by atoms with van der Waals surface area (Å²) in [5.41, 5.74) is 1.66. The van der Waals surface area contributed by atoms with E-state index in [2.05, 4.69) is 6.92 Å². The molecule has 1 N–H and O–H groups in total. The number of benzene rings is 1. The van der Waals surface area contributed by atoms with Crippen LogP contribution in [0.2, 0.25) is 0 Å². The Morgan fingerprint density at radius 2 is 1.61 bits per heavy atom. The Balaban J connectivity index is 2.66. The molecule has 1 rings (SSSR count). The molecule has 0 saturated carbocycles. The molecule has 1 unspecified atom stereocenters. The van der Waals surface area contributed by atoms with Gasteiger partial charge in [-0.1, -0.05) is 63.8 Å². The first-order valence-corrected chi connectivity index (χ1v) is 12.6. The predicted octanol–water partition coefficient (Wildman–Crippen LogP) is 6.19. The van der Waals surface area contributed by atoms with Crippen LogP contribution in [-0.2, 0) is 22.4 Å². The van der Waals surface area contributed by atoms with Crippen LogP contribution in [0.4, 0.5) is 4.79 Å². The van der Waals surface area contributed by atoms with E-state index in [1.54, 1.807) is 0 Å². The Bertz CT molecular complexity index is 654. The van der Waals surface area contributed by atoms with Gasteiger partial charge in [0.05, 0.1) is 0 Å². The van der Waals surface area contributed by atoms with Crippen molar-refractivity contribution in [1.29, 1.82) is 0 Å². The molecule has 0 aliphatic heterocycles. The molecule has 1 atom stereocenters. The highest BCUT2D eigenvalue weighted by molar-refractivity contribution is 8.00. The van der Waals surface area contributed by atoms with Gasteiger partial charge in [0.15, 0.2) is 0 Å².